The number of imidazole rings is 1. The van der Waals surface area contributed by atoms with Gasteiger partial charge in [-0.1, -0.05) is 24.3 Å². The zero-order chi connectivity index (χ0) is 20.5. The van der Waals surface area contributed by atoms with E-state index in [1.165, 1.54) is 0 Å². The lowest BCUT2D eigenvalue weighted by Gasteiger charge is -2.23. The molecule has 0 N–H and O–H groups in total. The number of aromatic nitrogens is 2. The number of hydrogen-bond donors (Lipinski definition) is 0. The summed E-state index contributed by atoms with van der Waals surface area (Å²) in [6, 6.07) is 24.1. The van der Waals surface area contributed by atoms with Crippen molar-refractivity contribution in [2.75, 3.05) is 7.11 Å². The highest BCUT2D eigenvalue weighted by Crippen LogP contribution is 2.30. The Morgan fingerprint density at radius 1 is 1.03 bits per heavy atom. The molecular weight excluding hydrogens is 374 g/mol. The summed E-state index contributed by atoms with van der Waals surface area (Å²) in [6.07, 6.45) is 3.96. The van der Waals surface area contributed by atoms with E-state index in [0.29, 0.717) is 18.2 Å². The quantitative estimate of drug-likeness (QED) is 0.468. The molecule has 5 nitrogen and oxygen atoms in total. The van der Waals surface area contributed by atoms with Gasteiger partial charge < -0.3 is 9.64 Å². The van der Waals surface area contributed by atoms with Crippen molar-refractivity contribution in [2.45, 2.75) is 25.4 Å². The fraction of sp³-hybridized carbons (Fsp3) is 0.200. The van der Waals surface area contributed by atoms with Gasteiger partial charge in [0.15, 0.2) is 0 Å². The lowest BCUT2D eigenvalue weighted by molar-refractivity contribution is 0.0730. The van der Waals surface area contributed by atoms with Crippen molar-refractivity contribution in [3.05, 3.63) is 90.3 Å². The van der Waals surface area contributed by atoms with E-state index in [0.717, 1.165) is 40.9 Å². The van der Waals surface area contributed by atoms with Crippen molar-refractivity contribution in [1.29, 1.82) is 0 Å². The first-order valence-corrected chi connectivity index (χ1v) is 10.2. The Kier molecular flexibility index (Phi) is 4.71. The molecule has 4 aromatic rings. The predicted octanol–water partition coefficient (Wildman–Crippen LogP) is 4.84. The Morgan fingerprint density at radius 2 is 1.77 bits per heavy atom. The molecule has 0 unspecified atom stereocenters. The lowest BCUT2D eigenvalue weighted by Crippen LogP contribution is -2.32. The van der Waals surface area contributed by atoms with Gasteiger partial charge in [0.2, 0.25) is 0 Å². The molecule has 1 heterocycles. The molecule has 1 aliphatic rings. The van der Waals surface area contributed by atoms with Gasteiger partial charge in [0.05, 0.1) is 18.1 Å². The van der Waals surface area contributed by atoms with Crippen molar-refractivity contribution in [1.82, 2.24) is 14.5 Å². The van der Waals surface area contributed by atoms with Crippen molar-refractivity contribution < 1.29 is 9.53 Å². The minimum Gasteiger partial charge on any atom is -0.497 e. The van der Waals surface area contributed by atoms with Crippen molar-refractivity contribution >= 4 is 16.9 Å². The molecule has 0 spiro atoms. The molecule has 1 aliphatic carbocycles. The minimum atomic E-state index is 0.0790. The van der Waals surface area contributed by atoms with Crippen molar-refractivity contribution in [2.24, 2.45) is 0 Å². The standard InChI is InChI=1S/C25H23N3O2/c1-30-22-14-6-18(7-15-22)16-27(20-12-13-20)25(29)19-8-10-21(11-9-19)28-17-26-23-4-2-3-5-24(23)28/h2-11,14-15,17,20H,12-13,16H2,1H3. The molecule has 0 aliphatic heterocycles. The second-order valence-corrected chi connectivity index (χ2v) is 7.66. The Balaban J connectivity index is 1.37. The van der Waals surface area contributed by atoms with Crippen LogP contribution < -0.4 is 4.74 Å². The van der Waals surface area contributed by atoms with Crippen LogP contribution in [-0.4, -0.2) is 33.5 Å². The average Bonchev–Trinajstić information content (AvgIpc) is 3.56. The third-order valence-electron chi connectivity index (χ3n) is 5.61. The molecule has 1 saturated carbocycles. The van der Waals surface area contributed by atoms with Crippen LogP contribution in [0, 0.1) is 0 Å². The van der Waals surface area contributed by atoms with Gasteiger partial charge in [-0.15, -0.1) is 0 Å². The van der Waals surface area contributed by atoms with Gasteiger partial charge in [-0.05, 0) is 66.9 Å². The van der Waals surface area contributed by atoms with Gasteiger partial charge in [0.25, 0.3) is 5.91 Å². The summed E-state index contributed by atoms with van der Waals surface area (Å²) < 4.78 is 7.27. The number of amides is 1. The predicted molar refractivity (Wildman–Crippen MR) is 117 cm³/mol. The third-order valence-corrected chi connectivity index (χ3v) is 5.61. The molecule has 1 amide bonds. The third kappa shape index (κ3) is 3.54. The summed E-state index contributed by atoms with van der Waals surface area (Å²) >= 11 is 0. The van der Waals surface area contributed by atoms with E-state index < -0.39 is 0 Å². The molecule has 5 rings (SSSR count). The molecule has 1 fully saturated rings. The van der Waals surface area contributed by atoms with Crippen LogP contribution >= 0.6 is 0 Å². The van der Waals surface area contributed by atoms with Crippen molar-refractivity contribution in [3.8, 4) is 11.4 Å². The van der Waals surface area contributed by atoms with E-state index in [2.05, 4.69) is 4.98 Å². The van der Waals surface area contributed by atoms with Gasteiger partial charge in [-0.2, -0.15) is 0 Å². The number of carbonyl (C=O) groups excluding carboxylic acids is 1. The summed E-state index contributed by atoms with van der Waals surface area (Å²) in [5, 5.41) is 0. The molecule has 0 radical (unpaired) electrons. The van der Waals surface area contributed by atoms with Crippen LogP contribution in [0.4, 0.5) is 0 Å². The molecule has 3 aromatic carbocycles. The van der Waals surface area contributed by atoms with Crippen LogP contribution in [0.5, 0.6) is 5.75 Å². The Bertz CT molecular complexity index is 1180. The zero-order valence-electron chi connectivity index (χ0n) is 16.9. The van der Waals surface area contributed by atoms with E-state index >= 15 is 0 Å². The average molecular weight is 397 g/mol. The van der Waals surface area contributed by atoms with Crippen LogP contribution in [-0.2, 0) is 6.54 Å². The highest BCUT2D eigenvalue weighted by molar-refractivity contribution is 5.95. The van der Waals surface area contributed by atoms with E-state index in [1.807, 2.05) is 88.6 Å². The maximum absolute atomic E-state index is 13.2. The second-order valence-electron chi connectivity index (χ2n) is 7.66. The largest absolute Gasteiger partial charge is 0.497 e. The number of carbonyl (C=O) groups is 1. The first-order chi connectivity index (χ1) is 14.7. The zero-order valence-corrected chi connectivity index (χ0v) is 16.9. The molecule has 5 heteroatoms. The number of hydrogen-bond acceptors (Lipinski definition) is 3. The molecule has 0 saturated heterocycles. The number of fused-ring (bicyclic) bond motifs is 1. The van der Waals surface area contributed by atoms with E-state index in [1.54, 1.807) is 7.11 Å². The maximum Gasteiger partial charge on any atom is 0.254 e. The molecule has 150 valence electrons. The number of ether oxygens (including phenoxy) is 1. The van der Waals surface area contributed by atoms with Gasteiger partial charge in [0, 0.05) is 23.8 Å². The number of methoxy groups -OCH3 is 1. The number of benzene rings is 3. The summed E-state index contributed by atoms with van der Waals surface area (Å²) in [6.45, 7) is 0.613. The SMILES string of the molecule is COc1ccc(CN(C(=O)c2ccc(-n3cnc4ccccc43)cc2)C2CC2)cc1. The molecule has 0 atom stereocenters. The fourth-order valence-corrected chi connectivity index (χ4v) is 3.78. The molecule has 30 heavy (non-hydrogen) atoms. The number of para-hydroxylation sites is 2. The van der Waals surface area contributed by atoms with Gasteiger partial charge in [-0.3, -0.25) is 9.36 Å². The first-order valence-electron chi connectivity index (χ1n) is 10.2. The van der Waals surface area contributed by atoms with E-state index in [9.17, 15) is 4.79 Å². The highest BCUT2D eigenvalue weighted by atomic mass is 16.5. The highest BCUT2D eigenvalue weighted by Gasteiger charge is 2.33. The molecule has 1 aromatic heterocycles. The molecule has 0 bridgehead atoms. The van der Waals surface area contributed by atoms with Gasteiger partial charge >= 0.3 is 0 Å². The van der Waals surface area contributed by atoms with Gasteiger partial charge in [0.1, 0.15) is 12.1 Å². The minimum absolute atomic E-state index is 0.0790. The van der Waals surface area contributed by atoms with Crippen LogP contribution in [0.3, 0.4) is 0 Å². The Labute approximate surface area is 175 Å². The van der Waals surface area contributed by atoms with Crippen LogP contribution in [0.15, 0.2) is 79.1 Å². The lowest BCUT2D eigenvalue weighted by atomic mass is 10.1. The summed E-state index contributed by atoms with van der Waals surface area (Å²) in [4.78, 5) is 19.7. The van der Waals surface area contributed by atoms with Crippen molar-refractivity contribution in [3.63, 3.8) is 0 Å². The summed E-state index contributed by atoms with van der Waals surface area (Å²) in [5.74, 6) is 0.904. The summed E-state index contributed by atoms with van der Waals surface area (Å²) in [7, 11) is 1.66. The Morgan fingerprint density at radius 3 is 2.47 bits per heavy atom. The molecular formula is C25H23N3O2. The van der Waals surface area contributed by atoms with Gasteiger partial charge in [-0.25, -0.2) is 4.98 Å². The van der Waals surface area contributed by atoms with E-state index in [-0.39, 0.29) is 5.91 Å². The number of nitrogens with zero attached hydrogens (tertiary/aromatic N) is 3. The monoisotopic (exact) mass is 397 g/mol. The maximum atomic E-state index is 13.2. The number of rotatable bonds is 6. The van der Waals surface area contributed by atoms with E-state index in [4.69, 9.17) is 4.74 Å². The topological polar surface area (TPSA) is 47.4 Å². The summed E-state index contributed by atoms with van der Waals surface area (Å²) in [5.41, 5.74) is 4.82. The Hall–Kier alpha value is -3.60. The second kappa shape index (κ2) is 7.67. The fourth-order valence-electron chi connectivity index (χ4n) is 3.78. The first kappa shape index (κ1) is 18.4. The van der Waals surface area contributed by atoms with Crippen LogP contribution in [0.2, 0.25) is 0 Å². The van der Waals surface area contributed by atoms with Crippen LogP contribution in [0.25, 0.3) is 16.7 Å². The smallest absolute Gasteiger partial charge is 0.254 e. The van der Waals surface area contributed by atoms with Crippen LogP contribution in [0.1, 0.15) is 28.8 Å². The normalized spacial score (nSPS) is 13.4.